The fourth-order valence-corrected chi connectivity index (χ4v) is 3.52. The maximum absolute atomic E-state index is 11.5. The van der Waals surface area contributed by atoms with Crippen LogP contribution in [-0.2, 0) is 16.6 Å². The molecule has 0 aliphatic carbocycles. The van der Waals surface area contributed by atoms with E-state index in [4.69, 9.17) is 5.14 Å². The second kappa shape index (κ2) is 7.15. The van der Waals surface area contributed by atoms with Gasteiger partial charge in [-0.05, 0) is 6.07 Å². The molecule has 1 heterocycles. The molecule has 1 aromatic heterocycles. The van der Waals surface area contributed by atoms with Gasteiger partial charge in [0.25, 0.3) is 5.69 Å². The highest BCUT2D eigenvalue weighted by Crippen LogP contribution is 2.26. The summed E-state index contributed by atoms with van der Waals surface area (Å²) in [7, 11) is -4.07. The van der Waals surface area contributed by atoms with E-state index in [0.29, 0.717) is 5.01 Å². The zero-order chi connectivity index (χ0) is 18.7. The maximum Gasteiger partial charge on any atom is 0.272 e. The quantitative estimate of drug-likeness (QED) is 0.485. The number of hydrogen-bond donors (Lipinski definition) is 2. The summed E-state index contributed by atoms with van der Waals surface area (Å²) in [5.41, 5.74) is 0.809. The molecule has 0 aliphatic heterocycles. The van der Waals surface area contributed by atoms with Crippen LogP contribution >= 0.6 is 11.3 Å². The van der Waals surface area contributed by atoms with E-state index in [1.807, 2.05) is 30.3 Å². The van der Waals surface area contributed by atoms with Crippen LogP contribution in [0.25, 0.3) is 10.6 Å². The van der Waals surface area contributed by atoms with Gasteiger partial charge in [-0.25, -0.2) is 13.6 Å². The standard InChI is InChI=1S/C15H13N5O4S2/c16-26(23,24)13-7-11(6-12(8-13)20(21)22)17-9-14-18-19-15(25-14)10-4-2-1-3-5-10/h1-8,17H,9H2,(H2,16,23,24). The number of rotatable bonds is 6. The van der Waals surface area contributed by atoms with Gasteiger partial charge in [0.05, 0.1) is 16.4 Å². The molecule has 9 nitrogen and oxygen atoms in total. The smallest absolute Gasteiger partial charge is 0.272 e. The monoisotopic (exact) mass is 391 g/mol. The molecule has 0 unspecified atom stereocenters. The van der Waals surface area contributed by atoms with Crippen LogP contribution in [-0.4, -0.2) is 23.5 Å². The summed E-state index contributed by atoms with van der Waals surface area (Å²) in [6, 6.07) is 12.9. The molecule has 0 saturated heterocycles. The predicted octanol–water partition coefficient (Wildman–Crippen LogP) is 2.37. The Morgan fingerprint density at radius 3 is 2.54 bits per heavy atom. The molecule has 2 aromatic carbocycles. The molecule has 0 aliphatic rings. The lowest BCUT2D eigenvalue weighted by Crippen LogP contribution is -2.13. The zero-order valence-corrected chi connectivity index (χ0v) is 14.8. The number of non-ortho nitro benzene ring substituents is 1. The van der Waals surface area contributed by atoms with Crippen molar-refractivity contribution in [2.75, 3.05) is 5.32 Å². The summed E-state index contributed by atoms with van der Waals surface area (Å²) in [4.78, 5) is 9.97. The third-order valence-electron chi connectivity index (χ3n) is 3.36. The van der Waals surface area contributed by atoms with Gasteiger partial charge >= 0.3 is 0 Å². The minimum atomic E-state index is -4.07. The van der Waals surface area contributed by atoms with Crippen molar-refractivity contribution in [1.82, 2.24) is 10.2 Å². The van der Waals surface area contributed by atoms with Crippen LogP contribution in [0.1, 0.15) is 5.01 Å². The van der Waals surface area contributed by atoms with Gasteiger partial charge in [-0.2, -0.15) is 0 Å². The largest absolute Gasteiger partial charge is 0.378 e. The predicted molar refractivity (Wildman–Crippen MR) is 97.1 cm³/mol. The third kappa shape index (κ3) is 4.20. The molecule has 0 spiro atoms. The molecule has 0 radical (unpaired) electrons. The second-order valence-electron chi connectivity index (χ2n) is 5.24. The summed E-state index contributed by atoms with van der Waals surface area (Å²) < 4.78 is 23.0. The van der Waals surface area contributed by atoms with Gasteiger partial charge in [0.2, 0.25) is 10.0 Å². The average molecular weight is 391 g/mol. The van der Waals surface area contributed by atoms with Crippen molar-refractivity contribution in [3.63, 3.8) is 0 Å². The number of nitrogens with one attached hydrogen (secondary N) is 1. The number of hydrogen-bond acceptors (Lipinski definition) is 8. The van der Waals surface area contributed by atoms with Gasteiger partial charge in [0.1, 0.15) is 10.0 Å². The molecule has 3 N–H and O–H groups in total. The topological polar surface area (TPSA) is 141 Å². The first kappa shape index (κ1) is 17.9. The number of primary sulfonamides is 1. The van der Waals surface area contributed by atoms with Crippen molar-refractivity contribution in [1.29, 1.82) is 0 Å². The highest BCUT2D eigenvalue weighted by Gasteiger charge is 2.16. The van der Waals surface area contributed by atoms with E-state index in [9.17, 15) is 18.5 Å². The van der Waals surface area contributed by atoms with Gasteiger partial charge in [-0.3, -0.25) is 10.1 Å². The normalized spacial score (nSPS) is 11.3. The van der Waals surface area contributed by atoms with Crippen LogP contribution in [0.3, 0.4) is 0 Å². The Morgan fingerprint density at radius 2 is 1.88 bits per heavy atom. The highest BCUT2D eigenvalue weighted by molar-refractivity contribution is 7.89. The van der Waals surface area contributed by atoms with Crippen LogP contribution in [0, 0.1) is 10.1 Å². The van der Waals surface area contributed by atoms with E-state index < -0.39 is 14.9 Å². The zero-order valence-electron chi connectivity index (χ0n) is 13.2. The molecule has 3 rings (SSSR count). The number of nitro benzene ring substituents is 1. The molecule has 3 aromatic rings. The Morgan fingerprint density at radius 1 is 1.15 bits per heavy atom. The first-order chi connectivity index (χ1) is 12.3. The molecule has 0 amide bonds. The minimum Gasteiger partial charge on any atom is -0.378 e. The average Bonchev–Trinajstić information content (AvgIpc) is 3.09. The molecular weight excluding hydrogens is 378 g/mol. The van der Waals surface area contributed by atoms with Crippen molar-refractivity contribution in [3.05, 3.63) is 63.7 Å². The van der Waals surface area contributed by atoms with Crippen LogP contribution in [0.15, 0.2) is 53.4 Å². The number of aromatic nitrogens is 2. The second-order valence-corrected chi connectivity index (χ2v) is 7.86. The summed E-state index contributed by atoms with van der Waals surface area (Å²) in [6.07, 6.45) is 0. The fraction of sp³-hybridized carbons (Fsp3) is 0.0667. The third-order valence-corrected chi connectivity index (χ3v) is 5.23. The lowest BCUT2D eigenvalue weighted by Gasteiger charge is -2.06. The van der Waals surface area contributed by atoms with E-state index in [2.05, 4.69) is 15.5 Å². The summed E-state index contributed by atoms with van der Waals surface area (Å²) in [5.74, 6) is 0. The molecule has 0 fully saturated rings. The van der Waals surface area contributed by atoms with Crippen molar-refractivity contribution >= 4 is 32.7 Å². The minimum absolute atomic E-state index is 0.232. The van der Waals surface area contributed by atoms with Crippen LogP contribution < -0.4 is 10.5 Å². The summed E-state index contributed by atoms with van der Waals surface area (Å²) in [5, 5.41) is 28.5. The van der Waals surface area contributed by atoms with Gasteiger partial charge in [0.15, 0.2) is 0 Å². The highest BCUT2D eigenvalue weighted by atomic mass is 32.2. The van der Waals surface area contributed by atoms with Crippen molar-refractivity contribution < 1.29 is 13.3 Å². The van der Waals surface area contributed by atoms with Gasteiger partial charge in [-0.1, -0.05) is 41.7 Å². The molecule has 26 heavy (non-hydrogen) atoms. The SMILES string of the molecule is NS(=O)(=O)c1cc(NCc2nnc(-c3ccccc3)s2)cc([N+](=O)[O-])c1. The molecule has 0 atom stereocenters. The molecule has 0 bridgehead atoms. The van der Waals surface area contributed by atoms with Crippen molar-refractivity contribution in [2.24, 2.45) is 5.14 Å². The van der Waals surface area contributed by atoms with Gasteiger partial charge < -0.3 is 5.32 Å². The molecule has 11 heteroatoms. The van der Waals surface area contributed by atoms with Gasteiger partial charge in [-0.15, -0.1) is 10.2 Å². The van der Waals surface area contributed by atoms with E-state index in [0.717, 1.165) is 16.6 Å². The number of benzene rings is 2. The Bertz CT molecular complexity index is 1050. The lowest BCUT2D eigenvalue weighted by molar-refractivity contribution is -0.385. The van der Waals surface area contributed by atoms with Crippen molar-refractivity contribution in [3.8, 4) is 10.6 Å². The number of sulfonamides is 1. The van der Waals surface area contributed by atoms with E-state index in [1.165, 1.54) is 23.5 Å². The lowest BCUT2D eigenvalue weighted by atomic mass is 10.2. The first-order valence-electron chi connectivity index (χ1n) is 7.27. The van der Waals surface area contributed by atoms with Crippen LogP contribution in [0.5, 0.6) is 0 Å². The molecular formula is C15H13N5O4S2. The Labute approximate surface area is 152 Å². The summed E-state index contributed by atoms with van der Waals surface area (Å²) in [6.45, 7) is 0.232. The molecule has 134 valence electrons. The summed E-state index contributed by atoms with van der Waals surface area (Å²) >= 11 is 1.36. The van der Waals surface area contributed by atoms with E-state index >= 15 is 0 Å². The number of anilines is 1. The fourth-order valence-electron chi connectivity index (χ4n) is 2.16. The number of nitrogens with two attached hydrogens (primary N) is 1. The Balaban J connectivity index is 1.81. The first-order valence-corrected chi connectivity index (χ1v) is 9.63. The Hall–Kier alpha value is -2.89. The van der Waals surface area contributed by atoms with E-state index in [-0.39, 0.29) is 22.8 Å². The Kier molecular flexibility index (Phi) is 4.93. The van der Waals surface area contributed by atoms with E-state index in [1.54, 1.807) is 0 Å². The van der Waals surface area contributed by atoms with Crippen molar-refractivity contribution in [2.45, 2.75) is 11.4 Å². The molecule has 0 saturated carbocycles. The number of nitro groups is 1. The number of nitrogens with zero attached hydrogens (tertiary/aromatic N) is 3. The maximum atomic E-state index is 11.5. The van der Waals surface area contributed by atoms with Crippen LogP contribution in [0.2, 0.25) is 0 Å². The van der Waals surface area contributed by atoms with Gasteiger partial charge in [0, 0.05) is 23.4 Å². The van der Waals surface area contributed by atoms with Crippen LogP contribution in [0.4, 0.5) is 11.4 Å².